The van der Waals surface area contributed by atoms with Crippen molar-refractivity contribution in [2.24, 2.45) is 11.8 Å². The zero-order chi connectivity index (χ0) is 24.6. The number of amides is 2. The molecular formula is C27H32N2O5S. The Kier molecular flexibility index (Phi) is 6.77. The minimum absolute atomic E-state index is 0.118. The van der Waals surface area contributed by atoms with E-state index in [0.717, 1.165) is 18.4 Å². The number of likely N-dealkylation sites (tertiary alicyclic amines) is 1. The highest BCUT2D eigenvalue weighted by molar-refractivity contribution is 8.02. The molecule has 2 fully saturated rings. The van der Waals surface area contributed by atoms with E-state index in [9.17, 15) is 19.5 Å². The second-order valence-corrected chi connectivity index (χ2v) is 11.1. The van der Waals surface area contributed by atoms with Crippen molar-refractivity contribution in [3.63, 3.8) is 0 Å². The summed E-state index contributed by atoms with van der Waals surface area (Å²) in [5.41, 5.74) is 0.765. The van der Waals surface area contributed by atoms with E-state index in [4.69, 9.17) is 4.74 Å². The highest BCUT2D eigenvalue weighted by Gasteiger charge is 2.71. The van der Waals surface area contributed by atoms with Crippen molar-refractivity contribution in [2.45, 2.75) is 48.3 Å². The normalized spacial score (nSPS) is 32.9. The lowest BCUT2D eigenvalue weighted by atomic mass is 9.78. The summed E-state index contributed by atoms with van der Waals surface area (Å²) in [6.45, 7) is 3.13. The fourth-order valence-electron chi connectivity index (χ4n) is 6.01. The Morgan fingerprint density at radius 2 is 1.97 bits per heavy atom. The van der Waals surface area contributed by atoms with Crippen LogP contribution in [-0.2, 0) is 19.1 Å². The number of rotatable bonds is 6. The number of carbonyl (C=O) groups excluding carboxylic acids is 3. The number of benzene rings is 1. The SMILES string of the molecule is CCCCN1CC=C[C@]23S[C@H]4C=CCCOC(=O)[C@H]4[C@H]2C(=O)N([C@H](CO)c2ccccc2)C3C1=O. The number of cyclic esters (lactones) is 1. The molecule has 8 heteroatoms. The number of aliphatic hydroxyl groups is 1. The third-order valence-electron chi connectivity index (χ3n) is 7.62. The van der Waals surface area contributed by atoms with Crippen LogP contribution in [0.25, 0.3) is 0 Å². The van der Waals surface area contributed by atoms with Crippen LogP contribution in [0.3, 0.4) is 0 Å². The first-order valence-electron chi connectivity index (χ1n) is 12.5. The largest absolute Gasteiger partial charge is 0.465 e. The van der Waals surface area contributed by atoms with Gasteiger partial charge >= 0.3 is 5.97 Å². The van der Waals surface area contributed by atoms with Gasteiger partial charge in [0.15, 0.2) is 0 Å². The minimum Gasteiger partial charge on any atom is -0.465 e. The molecule has 1 unspecified atom stereocenters. The van der Waals surface area contributed by atoms with Gasteiger partial charge in [-0.1, -0.05) is 68.0 Å². The number of fused-ring (bicyclic) bond motifs is 2. The number of carbonyl (C=O) groups is 3. The van der Waals surface area contributed by atoms with Gasteiger partial charge < -0.3 is 19.6 Å². The second kappa shape index (κ2) is 9.82. The fraction of sp³-hybridized carbons (Fsp3) is 0.519. The highest BCUT2D eigenvalue weighted by Crippen LogP contribution is 2.61. The predicted octanol–water partition coefficient (Wildman–Crippen LogP) is 2.72. The second-order valence-electron chi connectivity index (χ2n) is 9.62. The molecule has 2 saturated heterocycles. The monoisotopic (exact) mass is 496 g/mol. The maximum Gasteiger partial charge on any atom is 0.311 e. The van der Waals surface area contributed by atoms with E-state index in [2.05, 4.69) is 6.92 Å². The maximum atomic E-state index is 14.3. The number of unbranched alkanes of at least 4 members (excludes halogenated alkanes) is 1. The average Bonchev–Trinajstić information content (AvgIpc) is 3.24. The molecule has 0 aromatic heterocycles. The molecule has 2 amide bonds. The summed E-state index contributed by atoms with van der Waals surface area (Å²) >= 11 is 1.53. The van der Waals surface area contributed by atoms with E-state index in [1.54, 1.807) is 4.90 Å². The summed E-state index contributed by atoms with van der Waals surface area (Å²) in [5.74, 6) is -2.17. The maximum absolute atomic E-state index is 14.3. The standard InChI is InChI=1S/C27H32N2O5S/c1-2-3-14-28-15-9-13-27-22(21-20(35-27)12-7-8-16-34-26(21)33)24(31)29(23(27)25(28)32)19(17-30)18-10-5-4-6-11-18/h4-7,9-13,19-23,30H,2-3,8,14-17H2,1H3/t19-,20+,21-,22+,23?,27+/m1/s1. The third-order valence-corrected chi connectivity index (χ3v) is 9.36. The zero-order valence-electron chi connectivity index (χ0n) is 19.9. The third kappa shape index (κ3) is 3.91. The lowest BCUT2D eigenvalue weighted by Gasteiger charge is -2.38. The Labute approximate surface area is 210 Å². The fourth-order valence-corrected chi connectivity index (χ4v) is 8.00. The van der Waals surface area contributed by atoms with Crippen molar-refractivity contribution in [2.75, 3.05) is 26.3 Å². The molecule has 0 saturated carbocycles. The van der Waals surface area contributed by atoms with Crippen LogP contribution in [0.4, 0.5) is 0 Å². The molecule has 7 nitrogen and oxygen atoms in total. The Hall–Kier alpha value is -2.58. The number of thioether (sulfide) groups is 1. The van der Waals surface area contributed by atoms with Gasteiger partial charge in [0.1, 0.15) is 6.04 Å². The minimum atomic E-state index is -0.902. The molecule has 6 atom stereocenters. The van der Waals surface area contributed by atoms with E-state index < -0.39 is 28.7 Å². The van der Waals surface area contributed by atoms with Crippen LogP contribution >= 0.6 is 11.8 Å². The first kappa shape index (κ1) is 24.1. The van der Waals surface area contributed by atoms with Crippen LogP contribution in [0.15, 0.2) is 54.6 Å². The van der Waals surface area contributed by atoms with Gasteiger partial charge in [-0.3, -0.25) is 14.4 Å². The number of esters is 1. The van der Waals surface area contributed by atoms with Gasteiger partial charge in [-0.2, -0.15) is 0 Å². The van der Waals surface area contributed by atoms with Gasteiger partial charge in [0.2, 0.25) is 11.8 Å². The van der Waals surface area contributed by atoms with Crippen LogP contribution in [0.1, 0.15) is 37.8 Å². The molecule has 4 heterocycles. The molecule has 186 valence electrons. The molecule has 1 N–H and O–H groups in total. The van der Waals surface area contributed by atoms with E-state index in [-0.39, 0.29) is 36.2 Å². The Balaban J connectivity index is 1.64. The molecule has 0 aliphatic carbocycles. The average molecular weight is 497 g/mol. The zero-order valence-corrected chi connectivity index (χ0v) is 20.7. The molecule has 35 heavy (non-hydrogen) atoms. The van der Waals surface area contributed by atoms with Gasteiger partial charge in [0.05, 0.1) is 35.8 Å². The van der Waals surface area contributed by atoms with Gasteiger partial charge in [-0.15, -0.1) is 11.8 Å². The molecule has 5 rings (SSSR count). The summed E-state index contributed by atoms with van der Waals surface area (Å²) in [7, 11) is 0. The summed E-state index contributed by atoms with van der Waals surface area (Å²) < 4.78 is 4.62. The molecule has 1 aromatic rings. The van der Waals surface area contributed by atoms with Crippen LogP contribution in [0.2, 0.25) is 0 Å². The van der Waals surface area contributed by atoms with Crippen LogP contribution in [0.5, 0.6) is 0 Å². The van der Waals surface area contributed by atoms with Gasteiger partial charge in [0.25, 0.3) is 0 Å². The Morgan fingerprint density at radius 3 is 2.71 bits per heavy atom. The van der Waals surface area contributed by atoms with Crippen molar-refractivity contribution < 1.29 is 24.2 Å². The number of aliphatic hydroxyl groups excluding tert-OH is 1. The van der Waals surface area contributed by atoms with Crippen LogP contribution < -0.4 is 0 Å². The lowest BCUT2D eigenvalue weighted by molar-refractivity contribution is -0.153. The van der Waals surface area contributed by atoms with Crippen molar-refractivity contribution in [1.29, 1.82) is 0 Å². The Bertz CT molecular complexity index is 1040. The van der Waals surface area contributed by atoms with Crippen molar-refractivity contribution in [3.8, 4) is 0 Å². The van der Waals surface area contributed by atoms with Crippen LogP contribution in [-0.4, -0.2) is 75.0 Å². The summed E-state index contributed by atoms with van der Waals surface area (Å²) in [6.07, 6.45) is 10.4. The molecule has 4 aliphatic heterocycles. The van der Waals surface area contributed by atoms with E-state index in [1.165, 1.54) is 11.8 Å². The predicted molar refractivity (Wildman–Crippen MR) is 133 cm³/mol. The Morgan fingerprint density at radius 1 is 1.17 bits per heavy atom. The van der Waals surface area contributed by atoms with E-state index in [0.29, 0.717) is 19.5 Å². The summed E-state index contributed by atoms with van der Waals surface area (Å²) in [6, 6.07) is 7.83. The molecule has 1 spiro atoms. The highest BCUT2D eigenvalue weighted by atomic mass is 32.2. The van der Waals surface area contributed by atoms with E-state index in [1.807, 2.05) is 59.5 Å². The molecule has 1 aromatic carbocycles. The van der Waals surface area contributed by atoms with Gasteiger partial charge in [0, 0.05) is 18.3 Å². The van der Waals surface area contributed by atoms with Gasteiger partial charge in [-0.25, -0.2) is 0 Å². The summed E-state index contributed by atoms with van der Waals surface area (Å²) in [5, 5.41) is 10.2. The number of hydrogen-bond donors (Lipinski definition) is 1. The van der Waals surface area contributed by atoms with Crippen LogP contribution in [0, 0.1) is 11.8 Å². The number of hydrogen-bond acceptors (Lipinski definition) is 6. The first-order valence-corrected chi connectivity index (χ1v) is 13.4. The number of ether oxygens (including phenoxy) is 1. The molecule has 0 bridgehead atoms. The number of nitrogens with zero attached hydrogens (tertiary/aromatic N) is 2. The van der Waals surface area contributed by atoms with E-state index >= 15 is 0 Å². The topological polar surface area (TPSA) is 87.2 Å². The molecular weight excluding hydrogens is 464 g/mol. The quantitative estimate of drug-likeness (QED) is 0.481. The van der Waals surface area contributed by atoms with Crippen molar-refractivity contribution >= 4 is 29.5 Å². The molecule has 0 radical (unpaired) electrons. The van der Waals surface area contributed by atoms with Crippen molar-refractivity contribution in [1.82, 2.24) is 9.80 Å². The summed E-state index contributed by atoms with van der Waals surface area (Å²) in [4.78, 5) is 45.0. The van der Waals surface area contributed by atoms with Gasteiger partial charge in [-0.05, 0) is 18.4 Å². The first-order chi connectivity index (χ1) is 17.0. The smallest absolute Gasteiger partial charge is 0.311 e. The lowest BCUT2D eigenvalue weighted by Crippen LogP contribution is -2.54. The van der Waals surface area contributed by atoms with Crippen molar-refractivity contribution in [3.05, 3.63) is 60.2 Å². The molecule has 4 aliphatic rings.